The van der Waals surface area contributed by atoms with Gasteiger partial charge in [0.15, 0.2) is 16.6 Å². The maximum atomic E-state index is 7.51. The molecule has 4 atom stereocenters. The highest BCUT2D eigenvalue weighted by Gasteiger charge is 2.53. The van der Waals surface area contributed by atoms with Crippen LogP contribution in [0.25, 0.3) is 0 Å². The molecule has 0 heterocycles. The van der Waals surface area contributed by atoms with Gasteiger partial charge in [0.1, 0.15) is 0 Å². The number of unbranched alkanes of at least 4 members (excludes halogenated alkanes) is 9. The Hall–Kier alpha value is 0.494. The van der Waals surface area contributed by atoms with Crippen molar-refractivity contribution < 1.29 is 16.5 Å². The number of benzene rings is 1. The summed E-state index contributed by atoms with van der Waals surface area (Å²) in [7, 11) is -11.6. The molecule has 1 aromatic carbocycles. The summed E-state index contributed by atoms with van der Waals surface area (Å²) in [5, 5.41) is 0. The van der Waals surface area contributed by atoms with Crippen LogP contribution < -0.4 is 0 Å². The zero-order valence-corrected chi connectivity index (χ0v) is 35.3. The van der Waals surface area contributed by atoms with Gasteiger partial charge in [-0.05, 0) is 88.7 Å². The lowest BCUT2D eigenvalue weighted by Crippen LogP contribution is -2.63. The molecule has 1 rings (SSSR count). The molecule has 42 heavy (non-hydrogen) atoms. The van der Waals surface area contributed by atoms with Crippen LogP contribution in [-0.2, 0) is 16.5 Å². The fraction of sp³-hybridized carbons (Fsp3) is 0.812. The van der Waals surface area contributed by atoms with E-state index in [1.807, 2.05) is 0 Å². The first-order chi connectivity index (χ1) is 19.5. The van der Waals surface area contributed by atoms with Crippen molar-refractivity contribution in [1.29, 1.82) is 0 Å². The van der Waals surface area contributed by atoms with Gasteiger partial charge in [-0.15, -0.1) is 0 Å². The summed E-state index contributed by atoms with van der Waals surface area (Å²) in [5.74, 6) is 0.846. The Labute approximate surface area is 272 Å². The first-order valence-corrected chi connectivity index (χ1v) is 31.8. The normalized spacial score (nSPS) is 17.8. The van der Waals surface area contributed by atoms with Gasteiger partial charge in [0.05, 0.1) is 0 Å². The molecule has 0 aliphatic heterocycles. The lowest BCUT2D eigenvalue weighted by molar-refractivity contribution is 0.275. The number of hydrogen-bond donors (Lipinski definition) is 1. The second-order valence-corrected chi connectivity index (χ2v) is 35.4. The summed E-state index contributed by atoms with van der Waals surface area (Å²) >= 11 is 4.55. The molecule has 0 aliphatic rings. The number of thiol groups is 1. The molecule has 0 fully saturated rings. The molecule has 0 radical (unpaired) electrons. The molecule has 246 valence electrons. The summed E-state index contributed by atoms with van der Waals surface area (Å²) in [5.41, 5.74) is 1.45. The van der Waals surface area contributed by atoms with Crippen molar-refractivity contribution in [3.05, 3.63) is 35.9 Å². The minimum absolute atomic E-state index is 0.163. The Balaban J connectivity index is 3.19. The van der Waals surface area contributed by atoms with Gasteiger partial charge < -0.3 is 16.5 Å². The fourth-order valence-corrected chi connectivity index (χ4v) is 30.8. The fourth-order valence-electron chi connectivity index (χ4n) is 5.97. The van der Waals surface area contributed by atoms with E-state index in [9.17, 15) is 0 Å². The quantitative estimate of drug-likeness (QED) is 0.0666. The van der Waals surface area contributed by atoms with Crippen LogP contribution in [0, 0.1) is 0 Å². The highest BCUT2D eigenvalue weighted by molar-refractivity contribution is 7.80. The predicted octanol–water partition coefficient (Wildman–Crippen LogP) is 11.5. The third-order valence-electron chi connectivity index (χ3n) is 7.74. The van der Waals surface area contributed by atoms with E-state index in [1.165, 1.54) is 69.8 Å². The highest BCUT2D eigenvalue weighted by atomic mass is 32.1. The summed E-state index contributed by atoms with van der Waals surface area (Å²) in [6, 6.07) is 12.8. The van der Waals surface area contributed by atoms with Crippen LogP contribution in [-0.4, -0.2) is 48.1 Å². The Morgan fingerprint density at radius 3 is 1.38 bits per heavy atom. The average molecular weight is 689 g/mol. The summed E-state index contributed by atoms with van der Waals surface area (Å²) < 4.78 is 29.0. The topological polar surface area (TPSA) is 36.9 Å². The lowest BCUT2D eigenvalue weighted by Gasteiger charge is -2.47. The molecular formula is C32H68O4SSi5. The van der Waals surface area contributed by atoms with Gasteiger partial charge in [0, 0.05) is 5.54 Å². The minimum Gasteiger partial charge on any atom is -0.437 e. The van der Waals surface area contributed by atoms with E-state index >= 15 is 0 Å². The second kappa shape index (κ2) is 19.2. The van der Waals surface area contributed by atoms with Crippen molar-refractivity contribution in [2.75, 3.05) is 5.75 Å². The second-order valence-electron chi connectivity index (χ2n) is 14.8. The Morgan fingerprint density at radius 2 is 0.976 bits per heavy atom. The van der Waals surface area contributed by atoms with Crippen LogP contribution in [0.5, 0.6) is 0 Å². The van der Waals surface area contributed by atoms with E-state index in [1.54, 1.807) is 0 Å². The summed E-state index contributed by atoms with van der Waals surface area (Å²) in [6.07, 6.45) is 14.4. The van der Waals surface area contributed by atoms with E-state index in [-0.39, 0.29) is 5.54 Å². The van der Waals surface area contributed by atoms with Gasteiger partial charge in [-0.1, -0.05) is 108 Å². The van der Waals surface area contributed by atoms with Gasteiger partial charge in [-0.2, -0.15) is 12.6 Å². The van der Waals surface area contributed by atoms with Crippen molar-refractivity contribution in [3.8, 4) is 0 Å². The largest absolute Gasteiger partial charge is 0.437 e. The molecule has 0 aliphatic carbocycles. The van der Waals surface area contributed by atoms with E-state index in [0.29, 0.717) is 0 Å². The van der Waals surface area contributed by atoms with Crippen molar-refractivity contribution in [1.82, 2.24) is 0 Å². The molecular weight excluding hydrogens is 621 g/mol. The van der Waals surface area contributed by atoms with E-state index < -0.39 is 42.3 Å². The molecule has 4 unspecified atom stereocenters. The molecule has 0 N–H and O–H groups in total. The smallest absolute Gasteiger partial charge is 0.324 e. The molecule has 1 aromatic rings. The monoisotopic (exact) mass is 688 g/mol. The van der Waals surface area contributed by atoms with E-state index in [2.05, 4.69) is 116 Å². The van der Waals surface area contributed by atoms with Crippen molar-refractivity contribution in [2.45, 2.75) is 161 Å². The van der Waals surface area contributed by atoms with Crippen molar-refractivity contribution >= 4 is 54.9 Å². The van der Waals surface area contributed by atoms with Crippen LogP contribution in [0.2, 0.25) is 71.0 Å². The molecule has 0 amide bonds. The predicted molar refractivity (Wildman–Crippen MR) is 201 cm³/mol. The molecule has 0 spiro atoms. The standard InChI is InChI=1S/C32H68O4SSi5/c1-12-13-14-15-16-17-18-19-20-24-29-40(9,33-38(3,4)5)35-42(11,31(2)32-26-22-21-23-27-32)36-41(10,30-25-28-37)34-39(6,7)8/h21-23,26-27,31,37H,12-20,24-25,28-30H2,1-11H3. The third-order valence-corrected chi connectivity index (χ3v) is 27.5. The maximum Gasteiger partial charge on any atom is 0.324 e. The maximum absolute atomic E-state index is 7.51. The molecule has 0 saturated carbocycles. The zero-order chi connectivity index (χ0) is 31.9. The van der Waals surface area contributed by atoms with Crippen molar-refractivity contribution in [2.24, 2.45) is 0 Å². The zero-order valence-electron chi connectivity index (χ0n) is 29.4. The Bertz CT molecular complexity index is 854. The summed E-state index contributed by atoms with van der Waals surface area (Å²) in [4.78, 5) is 0. The van der Waals surface area contributed by atoms with Crippen molar-refractivity contribution in [3.63, 3.8) is 0 Å². The lowest BCUT2D eigenvalue weighted by atomic mass is 10.1. The van der Waals surface area contributed by atoms with Crippen LogP contribution in [0.1, 0.15) is 95.6 Å². The Morgan fingerprint density at radius 1 is 0.571 bits per heavy atom. The molecule has 10 heteroatoms. The highest BCUT2D eigenvalue weighted by Crippen LogP contribution is 2.38. The van der Waals surface area contributed by atoms with Gasteiger partial charge in [-0.25, -0.2) is 0 Å². The minimum atomic E-state index is -2.82. The van der Waals surface area contributed by atoms with Gasteiger partial charge in [0.25, 0.3) is 0 Å². The van der Waals surface area contributed by atoms with Crippen LogP contribution in [0.15, 0.2) is 30.3 Å². The van der Waals surface area contributed by atoms with Crippen LogP contribution in [0.3, 0.4) is 0 Å². The van der Waals surface area contributed by atoms with Gasteiger partial charge >= 0.3 is 25.7 Å². The summed E-state index contributed by atoms with van der Waals surface area (Å²) in [6.45, 7) is 25.3. The van der Waals surface area contributed by atoms with E-state index in [0.717, 1.165) is 24.3 Å². The average Bonchev–Trinajstić information content (AvgIpc) is 2.86. The molecule has 0 aromatic heterocycles. The first kappa shape index (κ1) is 40.5. The van der Waals surface area contributed by atoms with Crippen LogP contribution in [0.4, 0.5) is 0 Å². The SMILES string of the molecule is CCCCCCCCCCCC[Si](C)(O[Si](C)(C)C)O[Si](C)(O[Si](C)(CCCS)O[Si](C)(C)C)C(C)c1ccccc1. The van der Waals surface area contributed by atoms with Gasteiger partial charge in [-0.3, -0.25) is 0 Å². The molecule has 0 saturated heterocycles. The van der Waals surface area contributed by atoms with E-state index in [4.69, 9.17) is 16.5 Å². The van der Waals surface area contributed by atoms with Crippen LogP contribution >= 0.6 is 12.6 Å². The molecule has 0 bridgehead atoms. The molecule has 4 nitrogen and oxygen atoms in total. The number of hydrogen-bond acceptors (Lipinski definition) is 5. The Kier molecular flexibility index (Phi) is 18.5. The van der Waals surface area contributed by atoms with Gasteiger partial charge in [0.2, 0.25) is 0 Å². The first-order valence-electron chi connectivity index (χ1n) is 16.9. The number of rotatable bonds is 24. The third kappa shape index (κ3) is 17.3.